The van der Waals surface area contributed by atoms with Crippen LogP contribution < -0.4 is 9.61 Å². The molecule has 1 atom stereocenters. The third-order valence-electron chi connectivity index (χ3n) is 7.03. The number of carbonyl (C=O) groups excluding carboxylic acids is 1. The second-order valence-electron chi connectivity index (χ2n) is 9.62. The van der Waals surface area contributed by atoms with Crippen LogP contribution in [0.5, 0.6) is 5.75 Å². The van der Waals surface area contributed by atoms with Crippen molar-refractivity contribution in [1.29, 1.82) is 0 Å². The van der Waals surface area contributed by atoms with Gasteiger partial charge in [-0.15, -0.1) is 0 Å². The molecular weight excluding hydrogens is 552 g/mol. The number of hydrogen-bond donors (Lipinski definition) is 1. The second-order valence-corrected chi connectivity index (χ2v) is 10.6. The van der Waals surface area contributed by atoms with E-state index in [1.807, 2.05) is 48.5 Å². The van der Waals surface area contributed by atoms with Crippen molar-refractivity contribution in [2.75, 3.05) is 13.7 Å². The summed E-state index contributed by atoms with van der Waals surface area (Å²) >= 11 is 1.16. The number of aromatic nitrogens is 1. The molecule has 4 aromatic carbocycles. The summed E-state index contributed by atoms with van der Waals surface area (Å²) in [6.45, 7) is 0.601. The van der Waals surface area contributed by atoms with E-state index in [0.29, 0.717) is 35.4 Å². The molecule has 1 aromatic heterocycles. The molecule has 0 bridgehead atoms. The number of oxime groups is 1. The maximum Gasteiger partial charge on any atom is 0.321 e. The van der Waals surface area contributed by atoms with Gasteiger partial charge >= 0.3 is 10.8 Å². The van der Waals surface area contributed by atoms with Crippen molar-refractivity contribution in [3.8, 4) is 5.75 Å². The lowest BCUT2D eigenvalue weighted by molar-refractivity contribution is -0.145. The number of rotatable bonds is 12. The molecule has 42 heavy (non-hydrogen) atoms. The third-order valence-corrected chi connectivity index (χ3v) is 7.98. The first kappa shape index (κ1) is 28.5. The maximum absolute atomic E-state index is 12.8. The van der Waals surface area contributed by atoms with Crippen molar-refractivity contribution in [3.05, 3.63) is 135 Å². The Kier molecular flexibility index (Phi) is 8.59. The predicted molar refractivity (Wildman–Crippen MR) is 163 cm³/mol. The number of carboxylic acid groups (broad SMARTS) is 1. The van der Waals surface area contributed by atoms with E-state index < -0.39 is 11.4 Å². The first-order chi connectivity index (χ1) is 20.4. The Morgan fingerprint density at radius 2 is 1.64 bits per heavy atom. The number of benzene rings is 4. The van der Waals surface area contributed by atoms with E-state index in [-0.39, 0.29) is 17.9 Å². The smallest absolute Gasteiger partial charge is 0.321 e. The van der Waals surface area contributed by atoms with Crippen molar-refractivity contribution in [1.82, 2.24) is 4.57 Å². The molecule has 0 amide bonds. The monoisotopic (exact) mass is 580 g/mol. The molecule has 5 rings (SSSR count). The number of aldehydes is 1. The Hall–Kier alpha value is -5.02. The first-order valence-electron chi connectivity index (χ1n) is 13.2. The molecule has 1 heterocycles. The summed E-state index contributed by atoms with van der Waals surface area (Å²) < 4.78 is 8.41. The normalized spacial score (nSPS) is 12.9. The number of thiazole rings is 1. The van der Waals surface area contributed by atoms with Gasteiger partial charge in [-0.3, -0.25) is 14.2 Å². The van der Waals surface area contributed by atoms with E-state index in [1.54, 1.807) is 59.2 Å². The molecule has 1 N–H and O–H groups in total. The van der Waals surface area contributed by atoms with Crippen LogP contribution in [0.1, 0.15) is 22.3 Å². The third kappa shape index (κ3) is 5.87. The number of carbonyl (C=O) groups is 2. The molecule has 8 nitrogen and oxygen atoms in total. The molecule has 212 valence electrons. The number of nitrogens with zero attached hydrogens (tertiary/aromatic N) is 2. The zero-order valence-electron chi connectivity index (χ0n) is 22.8. The minimum atomic E-state index is -1.68. The fourth-order valence-corrected chi connectivity index (χ4v) is 5.82. The highest BCUT2D eigenvalue weighted by molar-refractivity contribution is 7.16. The van der Waals surface area contributed by atoms with Crippen LogP contribution in [0.15, 0.2) is 113 Å². The first-order valence-corrected chi connectivity index (χ1v) is 14.0. The van der Waals surface area contributed by atoms with Gasteiger partial charge in [0.2, 0.25) is 0 Å². The van der Waals surface area contributed by atoms with Crippen LogP contribution in [0.3, 0.4) is 0 Å². The summed E-state index contributed by atoms with van der Waals surface area (Å²) in [5.41, 5.74) is 2.66. The highest BCUT2D eigenvalue weighted by atomic mass is 32.1. The predicted octanol–water partition coefficient (Wildman–Crippen LogP) is 5.30. The van der Waals surface area contributed by atoms with Gasteiger partial charge in [0.1, 0.15) is 31.5 Å². The number of carboxylic acids is 1. The van der Waals surface area contributed by atoms with Crippen LogP contribution >= 0.6 is 11.3 Å². The molecule has 0 aliphatic heterocycles. The lowest BCUT2D eigenvalue weighted by atomic mass is 9.77. The van der Waals surface area contributed by atoms with E-state index in [9.17, 15) is 19.5 Å². The molecule has 0 radical (unpaired) electrons. The zero-order chi connectivity index (χ0) is 29.5. The molecule has 0 spiro atoms. The number of fused-ring (bicyclic) bond motifs is 1. The van der Waals surface area contributed by atoms with Gasteiger partial charge in [-0.05, 0) is 41.8 Å². The lowest BCUT2D eigenvalue weighted by Gasteiger charge is -2.24. The van der Waals surface area contributed by atoms with Crippen molar-refractivity contribution >= 4 is 39.5 Å². The summed E-state index contributed by atoms with van der Waals surface area (Å²) in [4.78, 5) is 42.0. The lowest BCUT2D eigenvalue weighted by Crippen LogP contribution is -2.39. The van der Waals surface area contributed by atoms with Crippen LogP contribution in [0.4, 0.5) is 0 Å². The van der Waals surface area contributed by atoms with Crippen molar-refractivity contribution in [2.45, 2.75) is 18.4 Å². The van der Waals surface area contributed by atoms with Gasteiger partial charge in [-0.2, -0.15) is 0 Å². The molecule has 9 heteroatoms. The maximum atomic E-state index is 12.8. The molecular formula is C33H28N2O6S. The van der Waals surface area contributed by atoms with Crippen molar-refractivity contribution in [2.24, 2.45) is 5.16 Å². The number of aliphatic carboxylic acids is 1. The van der Waals surface area contributed by atoms with E-state index in [4.69, 9.17) is 9.57 Å². The summed E-state index contributed by atoms with van der Waals surface area (Å²) in [5, 5.41) is 14.1. The zero-order valence-corrected chi connectivity index (χ0v) is 23.6. The van der Waals surface area contributed by atoms with Crippen LogP contribution in [-0.4, -0.2) is 41.4 Å². The minimum Gasteiger partial charge on any atom is -0.492 e. The molecule has 0 saturated heterocycles. The minimum absolute atomic E-state index is 0.00940. The Labute approximate surface area is 246 Å². The average Bonchev–Trinajstić information content (AvgIpc) is 3.34. The summed E-state index contributed by atoms with van der Waals surface area (Å²) in [5.74, 6) is -0.629. The summed E-state index contributed by atoms with van der Waals surface area (Å²) in [6, 6.07) is 30.9. The van der Waals surface area contributed by atoms with Gasteiger partial charge in [0, 0.05) is 11.1 Å². The van der Waals surface area contributed by atoms with Crippen molar-refractivity contribution < 1.29 is 24.3 Å². The average molecular weight is 581 g/mol. The Morgan fingerprint density at radius 3 is 2.29 bits per heavy atom. The highest BCUT2D eigenvalue weighted by Crippen LogP contribution is 2.28. The largest absolute Gasteiger partial charge is 0.492 e. The molecule has 0 fully saturated rings. The quantitative estimate of drug-likeness (QED) is 0.0929. The molecule has 0 aliphatic carbocycles. The molecule has 0 saturated carbocycles. The standard InChI is InChI=1S/C33H28N2O6S/c1-40-34-30(24-8-4-2-5-9-24)25-14-17-28-29(20-25)42-32(39)35(28)18-19-41-27-15-12-23(13-16-27)21-33(22-36,31(37)38)26-10-6-3-7-11-26/h2-17,20,22H,18-19,21H2,1H3,(H,37,38). The van der Waals surface area contributed by atoms with Gasteiger partial charge in [0.05, 0.1) is 16.8 Å². The Bertz CT molecular complexity index is 1780. The SMILES string of the molecule is CON=C(c1ccccc1)c1ccc2c(c1)sc(=O)n2CCOc1ccc(CC(C=O)(C(=O)O)c2ccccc2)cc1. The summed E-state index contributed by atoms with van der Waals surface area (Å²) in [6.07, 6.45) is 0.503. The van der Waals surface area contributed by atoms with E-state index in [0.717, 1.165) is 32.7 Å². The Morgan fingerprint density at radius 1 is 0.952 bits per heavy atom. The van der Waals surface area contributed by atoms with Gasteiger partial charge in [0.25, 0.3) is 0 Å². The van der Waals surface area contributed by atoms with Crippen LogP contribution in [-0.2, 0) is 32.8 Å². The highest BCUT2D eigenvalue weighted by Gasteiger charge is 2.40. The van der Waals surface area contributed by atoms with Gasteiger partial charge in [-0.1, -0.05) is 95.4 Å². The summed E-state index contributed by atoms with van der Waals surface area (Å²) in [7, 11) is 1.50. The van der Waals surface area contributed by atoms with Gasteiger partial charge in [0.15, 0.2) is 5.41 Å². The number of hydrogen-bond acceptors (Lipinski definition) is 7. The van der Waals surface area contributed by atoms with Crippen molar-refractivity contribution in [3.63, 3.8) is 0 Å². The van der Waals surface area contributed by atoms with Crippen LogP contribution in [0.2, 0.25) is 0 Å². The van der Waals surface area contributed by atoms with Crippen LogP contribution in [0, 0.1) is 0 Å². The van der Waals surface area contributed by atoms with E-state index in [1.165, 1.54) is 7.11 Å². The Balaban J connectivity index is 1.27. The topological polar surface area (TPSA) is 107 Å². The second kappa shape index (κ2) is 12.7. The molecule has 5 aromatic rings. The molecule has 1 unspecified atom stereocenters. The fourth-order valence-electron chi connectivity index (χ4n) is 4.86. The van der Waals surface area contributed by atoms with E-state index >= 15 is 0 Å². The number of ether oxygens (including phenoxy) is 1. The molecule has 0 aliphatic rings. The van der Waals surface area contributed by atoms with E-state index in [2.05, 4.69) is 5.16 Å². The van der Waals surface area contributed by atoms with Gasteiger partial charge < -0.3 is 19.5 Å². The van der Waals surface area contributed by atoms with Gasteiger partial charge in [-0.25, -0.2) is 0 Å². The fraction of sp³-hybridized carbons (Fsp3) is 0.152. The van der Waals surface area contributed by atoms with Crippen LogP contribution in [0.25, 0.3) is 10.2 Å².